The van der Waals surface area contributed by atoms with Crippen LogP contribution < -0.4 is 11.1 Å². The molecule has 0 aliphatic carbocycles. The van der Waals surface area contributed by atoms with E-state index in [0.29, 0.717) is 0 Å². The predicted octanol–water partition coefficient (Wildman–Crippen LogP) is 1.62. The molecule has 1 heterocycles. The Kier molecular flexibility index (Phi) is 4.29. The highest BCUT2D eigenvalue weighted by Gasteiger charge is 2.16. The molecule has 0 radical (unpaired) electrons. The summed E-state index contributed by atoms with van der Waals surface area (Å²) in [6.07, 6.45) is 2.73. The van der Waals surface area contributed by atoms with Crippen LogP contribution in [0.1, 0.15) is 28.3 Å². The number of aromatic nitrogens is 1. The van der Waals surface area contributed by atoms with E-state index in [1.54, 1.807) is 13.1 Å². The SMILES string of the molecule is CC(NC(=O)c1cc(N)cc(S(C)(=O)=O)c1)c1nccs1. The molecule has 2 aromatic rings. The van der Waals surface area contributed by atoms with Crippen LogP contribution in [0.3, 0.4) is 0 Å². The van der Waals surface area contributed by atoms with Crippen LogP contribution in [0.25, 0.3) is 0 Å². The molecule has 6 nitrogen and oxygen atoms in total. The number of sulfone groups is 1. The second-order valence-corrected chi connectivity index (χ2v) is 7.57. The lowest BCUT2D eigenvalue weighted by molar-refractivity contribution is 0.0939. The van der Waals surface area contributed by atoms with Crippen molar-refractivity contribution >= 4 is 32.8 Å². The van der Waals surface area contributed by atoms with E-state index >= 15 is 0 Å². The fourth-order valence-corrected chi connectivity index (χ4v) is 3.09. The van der Waals surface area contributed by atoms with E-state index in [4.69, 9.17) is 5.73 Å². The highest BCUT2D eigenvalue weighted by Crippen LogP contribution is 2.19. The van der Waals surface area contributed by atoms with Crippen LogP contribution >= 0.6 is 11.3 Å². The topological polar surface area (TPSA) is 102 Å². The first kappa shape index (κ1) is 15.5. The van der Waals surface area contributed by atoms with E-state index in [2.05, 4.69) is 10.3 Å². The molecule has 112 valence electrons. The summed E-state index contributed by atoms with van der Waals surface area (Å²) in [7, 11) is -3.42. The minimum absolute atomic E-state index is 0.0227. The Morgan fingerprint density at radius 3 is 2.67 bits per heavy atom. The molecule has 1 aromatic carbocycles. The number of carbonyl (C=O) groups is 1. The number of nitrogens with two attached hydrogens (primary N) is 1. The van der Waals surface area contributed by atoms with Crippen molar-refractivity contribution in [2.45, 2.75) is 17.9 Å². The quantitative estimate of drug-likeness (QED) is 0.832. The van der Waals surface area contributed by atoms with Gasteiger partial charge in [-0.15, -0.1) is 11.3 Å². The van der Waals surface area contributed by atoms with E-state index in [0.717, 1.165) is 11.3 Å². The Bertz CT molecular complexity index is 755. The Hall–Kier alpha value is -1.93. The Labute approximate surface area is 126 Å². The van der Waals surface area contributed by atoms with E-state index in [1.165, 1.54) is 29.5 Å². The first-order valence-corrected chi connectivity index (χ1v) is 8.85. The first-order valence-electron chi connectivity index (χ1n) is 6.08. The molecule has 3 N–H and O–H groups in total. The Morgan fingerprint density at radius 2 is 2.10 bits per heavy atom. The number of carbonyl (C=O) groups excluding carboxylic acids is 1. The summed E-state index contributed by atoms with van der Waals surface area (Å²) in [4.78, 5) is 16.3. The molecule has 1 atom stereocenters. The standard InChI is InChI=1S/C13H15N3O3S2/c1-8(13-15-3-4-20-13)16-12(17)9-5-10(14)7-11(6-9)21(2,18)19/h3-8H,14H2,1-2H3,(H,16,17). The maximum absolute atomic E-state index is 12.2. The highest BCUT2D eigenvalue weighted by molar-refractivity contribution is 7.90. The Balaban J connectivity index is 2.25. The molecule has 2 rings (SSSR count). The zero-order valence-electron chi connectivity index (χ0n) is 11.5. The monoisotopic (exact) mass is 325 g/mol. The molecule has 0 fully saturated rings. The van der Waals surface area contributed by atoms with Gasteiger partial charge in [-0.25, -0.2) is 13.4 Å². The van der Waals surface area contributed by atoms with Gasteiger partial charge in [-0.2, -0.15) is 0 Å². The molecule has 1 amide bonds. The van der Waals surface area contributed by atoms with Crippen molar-refractivity contribution < 1.29 is 13.2 Å². The molecule has 0 saturated heterocycles. The summed E-state index contributed by atoms with van der Waals surface area (Å²) in [6, 6.07) is 3.82. The number of rotatable bonds is 4. The molecule has 0 bridgehead atoms. The van der Waals surface area contributed by atoms with Gasteiger partial charge < -0.3 is 11.1 Å². The fraction of sp³-hybridized carbons (Fsp3) is 0.231. The average molecular weight is 325 g/mol. The van der Waals surface area contributed by atoms with Gasteiger partial charge in [0.2, 0.25) is 0 Å². The summed E-state index contributed by atoms with van der Waals surface area (Å²) in [5, 5.41) is 5.36. The van der Waals surface area contributed by atoms with Crippen molar-refractivity contribution in [1.29, 1.82) is 0 Å². The number of amides is 1. The lowest BCUT2D eigenvalue weighted by atomic mass is 10.2. The second kappa shape index (κ2) is 5.82. The smallest absolute Gasteiger partial charge is 0.251 e. The zero-order valence-corrected chi connectivity index (χ0v) is 13.2. The number of anilines is 1. The van der Waals surface area contributed by atoms with Crippen LogP contribution in [0.2, 0.25) is 0 Å². The van der Waals surface area contributed by atoms with Gasteiger partial charge in [0.05, 0.1) is 10.9 Å². The third kappa shape index (κ3) is 3.79. The van der Waals surface area contributed by atoms with E-state index in [-0.39, 0.29) is 22.2 Å². The van der Waals surface area contributed by atoms with Crippen molar-refractivity contribution in [1.82, 2.24) is 10.3 Å². The molecule has 0 aliphatic heterocycles. The van der Waals surface area contributed by atoms with Crippen LogP contribution in [0.15, 0.2) is 34.7 Å². The lowest BCUT2D eigenvalue weighted by Crippen LogP contribution is -2.26. The van der Waals surface area contributed by atoms with Gasteiger partial charge in [-0.3, -0.25) is 4.79 Å². The summed E-state index contributed by atoms with van der Waals surface area (Å²) < 4.78 is 23.1. The normalized spacial score (nSPS) is 12.9. The largest absolute Gasteiger partial charge is 0.399 e. The third-order valence-corrected chi connectivity index (χ3v) is 4.84. The van der Waals surface area contributed by atoms with Gasteiger partial charge in [0.25, 0.3) is 5.91 Å². The number of nitrogens with zero attached hydrogens (tertiary/aromatic N) is 1. The number of thiazole rings is 1. The van der Waals surface area contributed by atoms with Gasteiger partial charge in [0.1, 0.15) is 5.01 Å². The molecule has 21 heavy (non-hydrogen) atoms. The van der Waals surface area contributed by atoms with Crippen LogP contribution in [-0.2, 0) is 9.84 Å². The van der Waals surface area contributed by atoms with Crippen molar-refractivity contribution in [3.63, 3.8) is 0 Å². The summed E-state index contributed by atoms with van der Waals surface area (Å²) >= 11 is 1.43. The molecule has 0 spiro atoms. The molecule has 1 unspecified atom stereocenters. The minimum Gasteiger partial charge on any atom is -0.399 e. The van der Waals surface area contributed by atoms with Gasteiger partial charge in [-0.05, 0) is 25.1 Å². The minimum atomic E-state index is -3.42. The van der Waals surface area contributed by atoms with Crippen molar-refractivity contribution in [3.8, 4) is 0 Å². The molecule has 8 heteroatoms. The summed E-state index contributed by atoms with van der Waals surface area (Å²) in [5.41, 5.74) is 6.10. The van der Waals surface area contributed by atoms with Crippen molar-refractivity contribution in [2.24, 2.45) is 0 Å². The number of nitrogens with one attached hydrogen (secondary N) is 1. The molecule has 0 saturated carbocycles. The maximum Gasteiger partial charge on any atom is 0.251 e. The number of hydrogen-bond donors (Lipinski definition) is 2. The summed E-state index contributed by atoms with van der Waals surface area (Å²) in [5.74, 6) is -0.394. The highest BCUT2D eigenvalue weighted by atomic mass is 32.2. The van der Waals surface area contributed by atoms with Crippen molar-refractivity contribution in [3.05, 3.63) is 40.3 Å². The zero-order chi connectivity index (χ0) is 15.6. The average Bonchev–Trinajstić information content (AvgIpc) is 2.90. The van der Waals surface area contributed by atoms with Crippen LogP contribution in [0.5, 0.6) is 0 Å². The number of nitrogen functional groups attached to an aromatic ring is 1. The fourth-order valence-electron chi connectivity index (χ4n) is 1.76. The third-order valence-electron chi connectivity index (χ3n) is 2.79. The second-order valence-electron chi connectivity index (χ2n) is 4.63. The van der Waals surface area contributed by atoms with Crippen LogP contribution in [0, 0.1) is 0 Å². The van der Waals surface area contributed by atoms with Gasteiger partial charge >= 0.3 is 0 Å². The predicted molar refractivity (Wildman–Crippen MR) is 82.0 cm³/mol. The van der Waals surface area contributed by atoms with Crippen molar-refractivity contribution in [2.75, 3.05) is 12.0 Å². The summed E-state index contributed by atoms with van der Waals surface area (Å²) in [6.45, 7) is 1.81. The molecule has 0 aliphatic rings. The van der Waals surface area contributed by atoms with Crippen LogP contribution in [-0.4, -0.2) is 25.6 Å². The van der Waals surface area contributed by atoms with E-state index < -0.39 is 15.7 Å². The van der Waals surface area contributed by atoms with Gasteiger partial charge in [-0.1, -0.05) is 0 Å². The lowest BCUT2D eigenvalue weighted by Gasteiger charge is -2.12. The molecular formula is C13H15N3O3S2. The van der Waals surface area contributed by atoms with Crippen LogP contribution in [0.4, 0.5) is 5.69 Å². The first-order chi connectivity index (χ1) is 9.77. The Morgan fingerprint density at radius 1 is 1.38 bits per heavy atom. The molecular weight excluding hydrogens is 310 g/mol. The number of benzene rings is 1. The molecule has 1 aromatic heterocycles. The van der Waals surface area contributed by atoms with E-state index in [1.807, 2.05) is 5.38 Å². The van der Waals surface area contributed by atoms with Gasteiger partial charge in [0, 0.05) is 29.1 Å². The van der Waals surface area contributed by atoms with E-state index in [9.17, 15) is 13.2 Å². The van der Waals surface area contributed by atoms with Gasteiger partial charge in [0.15, 0.2) is 9.84 Å². The maximum atomic E-state index is 12.2. The number of hydrogen-bond acceptors (Lipinski definition) is 6.